The third kappa shape index (κ3) is 6.08. The van der Waals surface area contributed by atoms with Crippen molar-refractivity contribution in [1.29, 1.82) is 0 Å². The van der Waals surface area contributed by atoms with Crippen LogP contribution in [-0.2, 0) is 20.9 Å². The number of piperidine rings is 1. The normalized spacial score (nSPS) is 19.4. The maximum absolute atomic E-state index is 14.1. The lowest BCUT2D eigenvalue weighted by molar-refractivity contribution is -0.163. The summed E-state index contributed by atoms with van der Waals surface area (Å²) >= 11 is 0. The molecule has 226 valence electrons. The number of piperazine rings is 1. The van der Waals surface area contributed by atoms with Crippen molar-refractivity contribution in [3.05, 3.63) is 89.5 Å². The Hall–Kier alpha value is -4.37. The molecule has 9 nitrogen and oxygen atoms in total. The van der Waals surface area contributed by atoms with Crippen LogP contribution >= 0.6 is 0 Å². The molecule has 3 aromatic rings. The van der Waals surface area contributed by atoms with Crippen LogP contribution in [0.5, 0.6) is 17.2 Å². The van der Waals surface area contributed by atoms with Crippen LogP contribution in [0.3, 0.4) is 0 Å². The van der Waals surface area contributed by atoms with E-state index in [-0.39, 0.29) is 41.2 Å². The Kier molecular flexibility index (Phi) is 9.31. The zero-order valence-electron chi connectivity index (χ0n) is 25.0. The number of hydrogen-bond donors (Lipinski definition) is 0. The first kappa shape index (κ1) is 30.1. The molecule has 3 aromatic carbocycles. The van der Waals surface area contributed by atoms with E-state index in [1.165, 1.54) is 38.4 Å². The number of benzene rings is 3. The number of fused-ring (bicyclic) bond motifs is 2. The van der Waals surface area contributed by atoms with Gasteiger partial charge >= 0.3 is 0 Å². The minimum atomic E-state index is -0.723. The molecule has 2 amide bonds. The fourth-order valence-electron chi connectivity index (χ4n) is 6.22. The Morgan fingerprint density at radius 2 is 1.51 bits per heavy atom. The molecular weight excluding hydrogens is 548 g/mol. The van der Waals surface area contributed by atoms with Gasteiger partial charge in [0.15, 0.2) is 11.5 Å². The second kappa shape index (κ2) is 13.3. The van der Waals surface area contributed by atoms with E-state index in [1.54, 1.807) is 0 Å². The largest absolute Gasteiger partial charge is 0.493 e. The summed E-state index contributed by atoms with van der Waals surface area (Å²) in [5.74, 6) is -0.723. The topological polar surface area (TPSA) is 94.6 Å². The van der Waals surface area contributed by atoms with Crippen molar-refractivity contribution in [2.24, 2.45) is 0 Å². The average molecular weight is 587 g/mol. The molecule has 2 aliphatic heterocycles. The van der Waals surface area contributed by atoms with E-state index < -0.39 is 17.7 Å². The summed E-state index contributed by atoms with van der Waals surface area (Å²) in [6.45, 7) is 2.71. The lowest BCUT2D eigenvalue weighted by Gasteiger charge is -2.51. The smallest absolute Gasteiger partial charge is 0.295 e. The molecule has 9 heteroatoms. The second-order valence-corrected chi connectivity index (χ2v) is 10.9. The highest BCUT2D eigenvalue weighted by molar-refractivity contribution is 6.43. The number of likely N-dealkylation sites (tertiary alicyclic amines) is 1. The minimum absolute atomic E-state index is 0.110. The molecule has 2 fully saturated rings. The maximum Gasteiger partial charge on any atom is 0.295 e. The van der Waals surface area contributed by atoms with Gasteiger partial charge in [0, 0.05) is 12.1 Å². The molecule has 0 spiro atoms. The zero-order valence-corrected chi connectivity index (χ0v) is 25.0. The van der Waals surface area contributed by atoms with Crippen LogP contribution in [0.25, 0.3) is 0 Å². The van der Waals surface area contributed by atoms with Crippen LogP contribution in [0.15, 0.2) is 72.8 Å². The first-order valence-electron chi connectivity index (χ1n) is 14.6. The highest BCUT2D eigenvalue weighted by Gasteiger charge is 2.49. The van der Waals surface area contributed by atoms with E-state index in [0.717, 1.165) is 17.5 Å². The van der Waals surface area contributed by atoms with Gasteiger partial charge in [-0.2, -0.15) is 0 Å². The van der Waals surface area contributed by atoms with E-state index >= 15 is 0 Å². The Balaban J connectivity index is 1.39. The summed E-state index contributed by atoms with van der Waals surface area (Å²) in [6, 6.07) is 21.4. The third-order valence-electron chi connectivity index (χ3n) is 8.41. The highest BCUT2D eigenvalue weighted by atomic mass is 16.5. The van der Waals surface area contributed by atoms with Crippen molar-refractivity contribution in [3.8, 4) is 17.2 Å². The van der Waals surface area contributed by atoms with Gasteiger partial charge in [-0.1, -0.05) is 60.7 Å². The molecule has 2 bridgehead atoms. The predicted molar refractivity (Wildman–Crippen MR) is 160 cm³/mol. The van der Waals surface area contributed by atoms with Crippen molar-refractivity contribution in [2.75, 3.05) is 27.9 Å². The van der Waals surface area contributed by atoms with Gasteiger partial charge in [-0.25, -0.2) is 0 Å². The molecule has 2 heterocycles. The van der Waals surface area contributed by atoms with Gasteiger partial charge < -0.3 is 28.7 Å². The fourth-order valence-corrected chi connectivity index (χ4v) is 6.22. The fraction of sp³-hybridized carbons (Fsp3) is 0.382. The van der Waals surface area contributed by atoms with Gasteiger partial charge in [0.05, 0.1) is 40.0 Å². The quantitative estimate of drug-likeness (QED) is 0.235. The van der Waals surface area contributed by atoms with Crippen LogP contribution in [0, 0.1) is 0 Å². The molecule has 2 aliphatic rings. The lowest BCUT2D eigenvalue weighted by Crippen LogP contribution is -2.68. The molecule has 0 saturated carbocycles. The van der Waals surface area contributed by atoms with Gasteiger partial charge in [0.1, 0.15) is 12.1 Å². The Labute approximate surface area is 252 Å². The van der Waals surface area contributed by atoms with Crippen LogP contribution in [0.2, 0.25) is 0 Å². The molecule has 43 heavy (non-hydrogen) atoms. The molecular formula is C34H38N2O7. The van der Waals surface area contributed by atoms with Crippen molar-refractivity contribution >= 4 is 17.6 Å². The van der Waals surface area contributed by atoms with E-state index in [9.17, 15) is 14.4 Å². The number of amides is 2. The van der Waals surface area contributed by atoms with E-state index in [4.69, 9.17) is 18.9 Å². The SMILES string of the molecule is COc1cc(C(=O)C(=O)N2C3CCCC2C(=O)N(C(C)C(OCc2ccccc2)c2ccccc2)C3)cc(OC)c1OC. The van der Waals surface area contributed by atoms with Crippen LogP contribution < -0.4 is 14.2 Å². The second-order valence-electron chi connectivity index (χ2n) is 10.9. The zero-order chi connectivity index (χ0) is 30.5. The van der Waals surface area contributed by atoms with Crippen LogP contribution in [0.1, 0.15) is 53.8 Å². The summed E-state index contributed by atoms with van der Waals surface area (Å²) < 4.78 is 22.6. The van der Waals surface area contributed by atoms with Crippen molar-refractivity contribution in [3.63, 3.8) is 0 Å². The number of rotatable bonds is 11. The minimum Gasteiger partial charge on any atom is -0.493 e. The number of ether oxygens (including phenoxy) is 4. The van der Waals surface area contributed by atoms with Crippen molar-refractivity contribution in [2.45, 2.75) is 57.0 Å². The van der Waals surface area contributed by atoms with Crippen LogP contribution in [0.4, 0.5) is 0 Å². The van der Waals surface area contributed by atoms with Crippen LogP contribution in [-0.4, -0.2) is 73.4 Å². The van der Waals surface area contributed by atoms with Gasteiger partial charge in [0.25, 0.3) is 11.7 Å². The van der Waals surface area contributed by atoms with Gasteiger partial charge in [-0.3, -0.25) is 14.4 Å². The maximum atomic E-state index is 14.1. The number of nitrogens with zero attached hydrogens (tertiary/aromatic N) is 2. The number of carbonyl (C=O) groups excluding carboxylic acids is 3. The number of ketones is 1. The van der Waals surface area contributed by atoms with E-state index in [1.807, 2.05) is 72.5 Å². The number of carbonyl (C=O) groups is 3. The average Bonchev–Trinajstić information content (AvgIpc) is 3.05. The summed E-state index contributed by atoms with van der Waals surface area (Å²) in [5.41, 5.74) is 2.12. The number of Topliss-reactive ketones (excluding diaryl/α,β-unsaturated/α-hetero) is 1. The molecule has 2 saturated heterocycles. The first-order chi connectivity index (χ1) is 20.9. The third-order valence-corrected chi connectivity index (χ3v) is 8.41. The van der Waals surface area contributed by atoms with Crippen molar-refractivity contribution < 1.29 is 33.3 Å². The molecule has 4 unspecified atom stereocenters. The van der Waals surface area contributed by atoms with Crippen molar-refractivity contribution in [1.82, 2.24) is 9.80 Å². The molecule has 0 aliphatic carbocycles. The Morgan fingerprint density at radius 3 is 2.12 bits per heavy atom. The van der Waals surface area contributed by atoms with Gasteiger partial charge in [-0.15, -0.1) is 0 Å². The Bertz CT molecular complexity index is 1420. The number of hydrogen-bond acceptors (Lipinski definition) is 7. The highest BCUT2D eigenvalue weighted by Crippen LogP contribution is 2.39. The molecule has 4 atom stereocenters. The predicted octanol–water partition coefficient (Wildman–Crippen LogP) is 4.83. The molecule has 0 N–H and O–H groups in total. The summed E-state index contributed by atoms with van der Waals surface area (Å²) in [4.78, 5) is 44.7. The summed E-state index contributed by atoms with van der Waals surface area (Å²) in [7, 11) is 4.36. The first-order valence-corrected chi connectivity index (χ1v) is 14.6. The molecule has 0 radical (unpaired) electrons. The van der Waals surface area contributed by atoms with Gasteiger partial charge in [0.2, 0.25) is 11.7 Å². The van der Waals surface area contributed by atoms with Gasteiger partial charge in [-0.05, 0) is 49.4 Å². The summed E-state index contributed by atoms with van der Waals surface area (Å²) in [6.07, 6.45) is 1.61. The number of methoxy groups -OCH3 is 3. The molecule has 0 aromatic heterocycles. The lowest BCUT2D eigenvalue weighted by atomic mass is 9.88. The molecule has 5 rings (SSSR count). The van der Waals surface area contributed by atoms with E-state index in [0.29, 0.717) is 31.7 Å². The summed E-state index contributed by atoms with van der Waals surface area (Å²) in [5, 5.41) is 0. The standard InChI is InChI=1S/C34H38N2O7/c1-22(31(24-14-9-6-10-15-24)43-21-23-12-7-5-8-13-23)35-20-26-16-11-17-27(33(35)38)36(26)34(39)30(37)25-18-28(40-2)32(42-4)29(19-25)41-3/h5-10,12-15,18-19,22,26-27,31H,11,16-17,20-21H2,1-4H3. The van der Waals surface area contributed by atoms with E-state index in [2.05, 4.69) is 0 Å². The Morgan fingerprint density at radius 1 is 0.884 bits per heavy atom. The monoisotopic (exact) mass is 586 g/mol.